The fourth-order valence-electron chi connectivity index (χ4n) is 1.77. The van der Waals surface area contributed by atoms with E-state index in [0.29, 0.717) is 11.3 Å². The molecule has 0 bridgehead atoms. The molecule has 98 valence electrons. The average molecular weight is 259 g/mol. The molecular weight excluding hydrogens is 246 g/mol. The zero-order chi connectivity index (χ0) is 13.8. The molecule has 1 heterocycles. The van der Waals surface area contributed by atoms with Crippen molar-refractivity contribution in [2.24, 2.45) is 0 Å². The Labute approximate surface area is 109 Å². The zero-order valence-corrected chi connectivity index (χ0v) is 10.4. The number of rotatable bonds is 3. The van der Waals surface area contributed by atoms with Gasteiger partial charge in [0.05, 0.1) is 19.2 Å². The van der Waals surface area contributed by atoms with Crippen molar-refractivity contribution in [3.8, 4) is 0 Å². The van der Waals surface area contributed by atoms with E-state index in [1.165, 1.54) is 24.1 Å². The van der Waals surface area contributed by atoms with Crippen LogP contribution in [0.25, 0.3) is 0 Å². The maximum Gasteiger partial charge on any atom is 0.340 e. The van der Waals surface area contributed by atoms with Crippen LogP contribution in [0.5, 0.6) is 0 Å². The highest BCUT2D eigenvalue weighted by atomic mass is 16.5. The van der Waals surface area contributed by atoms with Gasteiger partial charge in [-0.15, -0.1) is 0 Å². The van der Waals surface area contributed by atoms with Crippen LogP contribution in [0.4, 0.5) is 5.69 Å². The summed E-state index contributed by atoms with van der Waals surface area (Å²) in [5.41, 5.74) is 6.70. The first-order valence-corrected chi connectivity index (χ1v) is 5.61. The minimum atomic E-state index is -0.530. The number of carbonyl (C=O) groups is 1. The number of benzene rings is 1. The molecule has 0 aliphatic carbocycles. The van der Waals surface area contributed by atoms with Crippen LogP contribution in [0.1, 0.15) is 15.9 Å². The van der Waals surface area contributed by atoms with Gasteiger partial charge in [0.25, 0.3) is 5.56 Å². The molecule has 0 aliphatic heterocycles. The molecule has 0 atom stereocenters. The van der Waals surface area contributed by atoms with Crippen LogP contribution in [-0.2, 0) is 11.3 Å². The van der Waals surface area contributed by atoms with Gasteiger partial charge in [-0.1, -0.05) is 12.1 Å². The van der Waals surface area contributed by atoms with Crippen molar-refractivity contribution in [2.45, 2.75) is 6.54 Å². The highest BCUT2D eigenvalue weighted by molar-refractivity contribution is 5.96. The molecule has 19 heavy (non-hydrogen) atoms. The van der Waals surface area contributed by atoms with Gasteiger partial charge in [-0.3, -0.25) is 4.79 Å². The standard InChI is InChI=1S/C13H13N3O3/c1-19-13(18)12-9(4-2-5-10(12)14)8-16-11(17)6-3-7-15-16/h2-7H,8,14H2,1H3. The predicted molar refractivity (Wildman–Crippen MR) is 69.8 cm³/mol. The van der Waals surface area contributed by atoms with Crippen molar-refractivity contribution in [1.29, 1.82) is 0 Å². The zero-order valence-electron chi connectivity index (χ0n) is 10.4. The minimum absolute atomic E-state index is 0.162. The van der Waals surface area contributed by atoms with E-state index in [0.717, 1.165) is 0 Å². The molecule has 0 fully saturated rings. The second kappa shape index (κ2) is 5.34. The SMILES string of the molecule is COC(=O)c1c(N)cccc1Cn1ncccc1=O. The van der Waals surface area contributed by atoms with Crippen LogP contribution in [-0.4, -0.2) is 22.9 Å². The Morgan fingerprint density at radius 3 is 2.84 bits per heavy atom. The number of nitrogen functional groups attached to an aromatic ring is 1. The molecule has 0 aliphatic rings. The van der Waals surface area contributed by atoms with Gasteiger partial charge in [0.1, 0.15) is 0 Å². The maximum atomic E-state index is 11.7. The maximum absolute atomic E-state index is 11.7. The van der Waals surface area contributed by atoms with Crippen molar-refractivity contribution in [2.75, 3.05) is 12.8 Å². The molecule has 2 aromatic rings. The van der Waals surface area contributed by atoms with Crippen LogP contribution in [0.2, 0.25) is 0 Å². The first kappa shape index (κ1) is 12.8. The molecule has 1 aromatic carbocycles. The average Bonchev–Trinajstić information content (AvgIpc) is 2.41. The van der Waals surface area contributed by atoms with Gasteiger partial charge < -0.3 is 10.5 Å². The molecule has 0 saturated carbocycles. The van der Waals surface area contributed by atoms with Gasteiger partial charge in [-0.05, 0) is 17.7 Å². The van der Waals surface area contributed by atoms with Crippen molar-refractivity contribution in [1.82, 2.24) is 9.78 Å². The van der Waals surface area contributed by atoms with E-state index in [1.807, 2.05) is 0 Å². The van der Waals surface area contributed by atoms with Crippen LogP contribution in [0, 0.1) is 0 Å². The van der Waals surface area contributed by atoms with Crippen molar-refractivity contribution >= 4 is 11.7 Å². The lowest BCUT2D eigenvalue weighted by molar-refractivity contribution is 0.0600. The number of carbonyl (C=O) groups excluding carboxylic acids is 1. The van der Waals surface area contributed by atoms with Gasteiger partial charge in [0.15, 0.2) is 0 Å². The third-order valence-corrected chi connectivity index (χ3v) is 2.68. The summed E-state index contributed by atoms with van der Waals surface area (Å²) in [6.45, 7) is 0.162. The number of nitrogens with two attached hydrogens (primary N) is 1. The number of hydrogen-bond acceptors (Lipinski definition) is 5. The third kappa shape index (κ3) is 2.62. The monoisotopic (exact) mass is 259 g/mol. The second-order valence-electron chi connectivity index (χ2n) is 3.89. The summed E-state index contributed by atoms with van der Waals surface area (Å²) < 4.78 is 5.95. The summed E-state index contributed by atoms with van der Waals surface area (Å²) in [4.78, 5) is 23.3. The van der Waals surface area contributed by atoms with Crippen LogP contribution < -0.4 is 11.3 Å². The van der Waals surface area contributed by atoms with Gasteiger partial charge in [0, 0.05) is 18.0 Å². The van der Waals surface area contributed by atoms with E-state index in [9.17, 15) is 9.59 Å². The first-order valence-electron chi connectivity index (χ1n) is 5.61. The van der Waals surface area contributed by atoms with E-state index >= 15 is 0 Å². The third-order valence-electron chi connectivity index (χ3n) is 2.68. The Hall–Kier alpha value is -2.63. The first-order chi connectivity index (χ1) is 9.13. The summed E-state index contributed by atoms with van der Waals surface area (Å²) in [7, 11) is 1.28. The number of methoxy groups -OCH3 is 1. The summed E-state index contributed by atoms with van der Waals surface area (Å²) in [6, 6.07) is 7.99. The van der Waals surface area contributed by atoms with E-state index < -0.39 is 5.97 Å². The van der Waals surface area contributed by atoms with E-state index in [1.54, 1.807) is 24.3 Å². The largest absolute Gasteiger partial charge is 0.465 e. The molecule has 1 aromatic heterocycles. The summed E-state index contributed by atoms with van der Waals surface area (Å²) in [5.74, 6) is -0.530. The van der Waals surface area contributed by atoms with Crippen molar-refractivity contribution in [3.63, 3.8) is 0 Å². The van der Waals surface area contributed by atoms with Crippen LogP contribution in [0.3, 0.4) is 0 Å². The Morgan fingerprint density at radius 2 is 2.16 bits per heavy atom. The molecular formula is C13H13N3O3. The topological polar surface area (TPSA) is 87.2 Å². The van der Waals surface area contributed by atoms with E-state index in [4.69, 9.17) is 10.5 Å². The Morgan fingerprint density at radius 1 is 1.37 bits per heavy atom. The molecule has 2 N–H and O–H groups in total. The van der Waals surface area contributed by atoms with Crippen molar-refractivity contribution < 1.29 is 9.53 Å². The molecule has 0 spiro atoms. The molecule has 6 heteroatoms. The number of esters is 1. The minimum Gasteiger partial charge on any atom is -0.465 e. The molecule has 0 saturated heterocycles. The fraction of sp³-hybridized carbons (Fsp3) is 0.154. The Balaban J connectivity index is 2.46. The quantitative estimate of drug-likeness (QED) is 0.646. The molecule has 0 radical (unpaired) electrons. The summed E-state index contributed by atoms with van der Waals surface area (Å²) in [6.07, 6.45) is 1.51. The predicted octanol–water partition coefficient (Wildman–Crippen LogP) is 0.660. The number of nitrogens with zero attached hydrogens (tertiary/aromatic N) is 2. The molecule has 6 nitrogen and oxygen atoms in total. The van der Waals surface area contributed by atoms with E-state index in [-0.39, 0.29) is 17.7 Å². The summed E-state index contributed by atoms with van der Waals surface area (Å²) in [5, 5.41) is 3.94. The van der Waals surface area contributed by atoms with Crippen molar-refractivity contribution in [3.05, 3.63) is 58.0 Å². The highest BCUT2D eigenvalue weighted by Crippen LogP contribution is 2.18. The lowest BCUT2D eigenvalue weighted by Crippen LogP contribution is -2.23. The van der Waals surface area contributed by atoms with Crippen LogP contribution in [0.15, 0.2) is 41.3 Å². The Bertz CT molecular complexity index is 664. The molecule has 2 rings (SSSR count). The fourth-order valence-corrected chi connectivity index (χ4v) is 1.77. The lowest BCUT2D eigenvalue weighted by atomic mass is 10.1. The molecule has 0 unspecified atom stereocenters. The Kier molecular flexibility index (Phi) is 3.61. The lowest BCUT2D eigenvalue weighted by Gasteiger charge is -2.11. The smallest absolute Gasteiger partial charge is 0.340 e. The van der Waals surface area contributed by atoms with Crippen LogP contribution >= 0.6 is 0 Å². The molecule has 0 amide bonds. The van der Waals surface area contributed by atoms with Gasteiger partial charge >= 0.3 is 5.97 Å². The number of hydrogen-bond donors (Lipinski definition) is 1. The summed E-state index contributed by atoms with van der Waals surface area (Å²) >= 11 is 0. The number of aromatic nitrogens is 2. The van der Waals surface area contributed by atoms with E-state index in [2.05, 4.69) is 5.10 Å². The normalized spacial score (nSPS) is 10.2. The van der Waals surface area contributed by atoms with Gasteiger partial charge in [0.2, 0.25) is 0 Å². The number of anilines is 1. The second-order valence-corrected chi connectivity index (χ2v) is 3.89. The highest BCUT2D eigenvalue weighted by Gasteiger charge is 2.15. The van der Waals surface area contributed by atoms with Gasteiger partial charge in [-0.25, -0.2) is 9.48 Å². The van der Waals surface area contributed by atoms with Gasteiger partial charge in [-0.2, -0.15) is 5.10 Å². The number of ether oxygens (including phenoxy) is 1.